The van der Waals surface area contributed by atoms with Gasteiger partial charge in [0.2, 0.25) is 5.91 Å². The summed E-state index contributed by atoms with van der Waals surface area (Å²) < 4.78 is 5.14. The van der Waals surface area contributed by atoms with Gasteiger partial charge < -0.3 is 15.4 Å². The highest BCUT2D eigenvalue weighted by atomic mass is 16.5. The monoisotopic (exact) mass is 259 g/mol. The molecule has 2 rings (SSSR count). The van der Waals surface area contributed by atoms with Crippen LogP contribution in [0.4, 0.5) is 5.69 Å². The van der Waals surface area contributed by atoms with E-state index in [1.54, 1.807) is 24.3 Å². The zero-order chi connectivity index (χ0) is 13.5. The van der Waals surface area contributed by atoms with Crippen molar-refractivity contribution < 1.29 is 9.53 Å². The minimum atomic E-state index is 0.0282. The van der Waals surface area contributed by atoms with E-state index < -0.39 is 0 Å². The van der Waals surface area contributed by atoms with Gasteiger partial charge >= 0.3 is 0 Å². The summed E-state index contributed by atoms with van der Waals surface area (Å²) in [5, 5.41) is 14.5. The molecule has 1 aliphatic rings. The molecule has 0 aromatic heterocycles. The molecule has 1 fully saturated rings. The van der Waals surface area contributed by atoms with Crippen LogP contribution in [0.3, 0.4) is 0 Å². The first-order chi connectivity index (χ1) is 9.28. The normalized spacial score (nSPS) is 17.7. The number of nitrogens with one attached hydrogen (secondary N) is 2. The summed E-state index contributed by atoms with van der Waals surface area (Å²) >= 11 is 0. The molecule has 2 N–H and O–H groups in total. The summed E-state index contributed by atoms with van der Waals surface area (Å²) in [6, 6.07) is 8.94. The zero-order valence-corrected chi connectivity index (χ0v) is 10.7. The molecule has 1 saturated heterocycles. The number of hydrogen-bond donors (Lipinski definition) is 2. The summed E-state index contributed by atoms with van der Waals surface area (Å²) in [4.78, 5) is 11.8. The Morgan fingerprint density at radius 1 is 1.47 bits per heavy atom. The lowest BCUT2D eigenvalue weighted by Gasteiger charge is -2.09. The van der Waals surface area contributed by atoms with Crippen molar-refractivity contribution in [2.24, 2.45) is 5.92 Å². The maximum absolute atomic E-state index is 11.8. The summed E-state index contributed by atoms with van der Waals surface area (Å²) in [6.45, 7) is 1.96. The van der Waals surface area contributed by atoms with E-state index in [1.807, 2.05) is 6.07 Å². The third-order valence-electron chi connectivity index (χ3n) is 3.08. The number of amides is 1. The molecular formula is C14H17N3O2. The average molecular weight is 259 g/mol. The maximum atomic E-state index is 11.8. The first-order valence-electron chi connectivity index (χ1n) is 6.38. The fourth-order valence-electron chi connectivity index (χ4n) is 2.11. The van der Waals surface area contributed by atoms with Gasteiger partial charge in [-0.25, -0.2) is 0 Å². The Bertz CT molecular complexity index is 459. The number of rotatable bonds is 5. The van der Waals surface area contributed by atoms with Gasteiger partial charge in [-0.2, -0.15) is 5.26 Å². The van der Waals surface area contributed by atoms with E-state index in [0.29, 0.717) is 18.1 Å². The van der Waals surface area contributed by atoms with Crippen molar-refractivity contribution in [1.29, 1.82) is 5.26 Å². The molecule has 0 bridgehead atoms. The lowest BCUT2D eigenvalue weighted by Crippen LogP contribution is -2.18. The van der Waals surface area contributed by atoms with Gasteiger partial charge in [0.15, 0.2) is 6.61 Å². The van der Waals surface area contributed by atoms with Crippen molar-refractivity contribution >= 4 is 11.6 Å². The Balaban J connectivity index is 1.81. The number of ether oxygens (including phenoxy) is 1. The molecule has 19 heavy (non-hydrogen) atoms. The molecule has 1 unspecified atom stereocenters. The Kier molecular flexibility index (Phi) is 4.76. The molecule has 0 aliphatic carbocycles. The molecule has 100 valence electrons. The van der Waals surface area contributed by atoms with Crippen molar-refractivity contribution in [2.45, 2.75) is 12.8 Å². The second-order valence-electron chi connectivity index (χ2n) is 4.58. The molecular weight excluding hydrogens is 242 g/mol. The van der Waals surface area contributed by atoms with Crippen LogP contribution in [0.15, 0.2) is 24.3 Å². The number of nitriles is 1. The van der Waals surface area contributed by atoms with Crippen LogP contribution >= 0.6 is 0 Å². The van der Waals surface area contributed by atoms with Crippen molar-refractivity contribution in [3.05, 3.63) is 24.3 Å². The van der Waals surface area contributed by atoms with E-state index >= 15 is 0 Å². The predicted molar refractivity (Wildman–Crippen MR) is 71.8 cm³/mol. The minimum absolute atomic E-state index is 0.0282. The third-order valence-corrected chi connectivity index (χ3v) is 3.08. The van der Waals surface area contributed by atoms with Gasteiger partial charge in [0, 0.05) is 12.1 Å². The molecule has 1 heterocycles. The second-order valence-corrected chi connectivity index (χ2v) is 4.58. The summed E-state index contributed by atoms with van der Waals surface area (Å²) in [7, 11) is 0. The smallest absolute Gasteiger partial charge is 0.224 e. The SMILES string of the molecule is N#CCOc1ccc(NC(=O)CC2CCNC2)cc1. The van der Waals surface area contributed by atoms with E-state index in [9.17, 15) is 4.79 Å². The first-order valence-corrected chi connectivity index (χ1v) is 6.38. The number of nitrogens with zero attached hydrogens (tertiary/aromatic N) is 1. The largest absolute Gasteiger partial charge is 0.479 e. The molecule has 1 aromatic carbocycles. The van der Waals surface area contributed by atoms with E-state index in [1.165, 1.54) is 0 Å². The lowest BCUT2D eigenvalue weighted by atomic mass is 10.0. The van der Waals surface area contributed by atoms with E-state index in [4.69, 9.17) is 10.00 Å². The van der Waals surface area contributed by atoms with Gasteiger partial charge in [-0.1, -0.05) is 0 Å². The van der Waals surface area contributed by atoms with Gasteiger partial charge in [-0.05, 0) is 49.7 Å². The first kappa shape index (κ1) is 13.4. The zero-order valence-electron chi connectivity index (χ0n) is 10.7. The molecule has 0 saturated carbocycles. The summed E-state index contributed by atoms with van der Waals surface area (Å²) in [6.07, 6.45) is 1.62. The number of carbonyl (C=O) groups is 1. The van der Waals surface area contributed by atoms with E-state index in [-0.39, 0.29) is 12.5 Å². The molecule has 1 aromatic rings. The minimum Gasteiger partial charge on any atom is -0.479 e. The molecule has 0 spiro atoms. The molecule has 5 heteroatoms. The topological polar surface area (TPSA) is 74.1 Å². The van der Waals surface area contributed by atoms with Crippen molar-refractivity contribution in [3.8, 4) is 11.8 Å². The second kappa shape index (κ2) is 6.76. The van der Waals surface area contributed by atoms with Crippen LogP contribution < -0.4 is 15.4 Å². The van der Waals surface area contributed by atoms with Crippen LogP contribution in [0, 0.1) is 17.2 Å². The lowest BCUT2D eigenvalue weighted by molar-refractivity contribution is -0.116. The number of hydrogen-bond acceptors (Lipinski definition) is 4. The summed E-state index contributed by atoms with van der Waals surface area (Å²) in [5.74, 6) is 1.11. The maximum Gasteiger partial charge on any atom is 0.224 e. The van der Waals surface area contributed by atoms with Crippen molar-refractivity contribution in [2.75, 3.05) is 25.0 Å². The van der Waals surface area contributed by atoms with Crippen LogP contribution in [-0.4, -0.2) is 25.6 Å². The van der Waals surface area contributed by atoms with E-state index in [0.717, 1.165) is 25.2 Å². The van der Waals surface area contributed by atoms with Gasteiger partial charge in [0.25, 0.3) is 0 Å². The van der Waals surface area contributed by atoms with Crippen LogP contribution in [0.1, 0.15) is 12.8 Å². The Hall–Kier alpha value is -2.06. The molecule has 1 aliphatic heterocycles. The Morgan fingerprint density at radius 2 is 2.26 bits per heavy atom. The van der Waals surface area contributed by atoms with Gasteiger partial charge in [0.05, 0.1) is 0 Å². The average Bonchev–Trinajstić information content (AvgIpc) is 2.90. The number of benzene rings is 1. The van der Waals surface area contributed by atoms with Crippen LogP contribution in [0.5, 0.6) is 5.75 Å². The molecule has 5 nitrogen and oxygen atoms in total. The Morgan fingerprint density at radius 3 is 2.89 bits per heavy atom. The van der Waals surface area contributed by atoms with E-state index in [2.05, 4.69) is 10.6 Å². The van der Waals surface area contributed by atoms with Crippen molar-refractivity contribution in [3.63, 3.8) is 0 Å². The van der Waals surface area contributed by atoms with Gasteiger partial charge in [-0.15, -0.1) is 0 Å². The highest BCUT2D eigenvalue weighted by Gasteiger charge is 2.17. The van der Waals surface area contributed by atoms with Gasteiger partial charge in [-0.3, -0.25) is 4.79 Å². The van der Waals surface area contributed by atoms with Gasteiger partial charge in [0.1, 0.15) is 11.8 Å². The number of anilines is 1. The highest BCUT2D eigenvalue weighted by Crippen LogP contribution is 2.17. The standard InChI is InChI=1S/C14H17N3O2/c15-6-8-19-13-3-1-12(2-4-13)17-14(18)9-11-5-7-16-10-11/h1-4,11,16H,5,7-10H2,(H,17,18). The Labute approximate surface area is 112 Å². The predicted octanol–water partition coefficient (Wildman–Crippen LogP) is 1.53. The summed E-state index contributed by atoms with van der Waals surface area (Å²) in [5.41, 5.74) is 0.750. The fourth-order valence-corrected chi connectivity index (χ4v) is 2.11. The van der Waals surface area contributed by atoms with Crippen LogP contribution in [0.25, 0.3) is 0 Å². The molecule has 0 radical (unpaired) electrons. The molecule has 1 amide bonds. The van der Waals surface area contributed by atoms with Crippen LogP contribution in [0.2, 0.25) is 0 Å². The van der Waals surface area contributed by atoms with Crippen molar-refractivity contribution in [1.82, 2.24) is 5.32 Å². The number of carbonyl (C=O) groups excluding carboxylic acids is 1. The highest BCUT2D eigenvalue weighted by molar-refractivity contribution is 5.90. The fraction of sp³-hybridized carbons (Fsp3) is 0.429. The third kappa shape index (κ3) is 4.27. The quantitative estimate of drug-likeness (QED) is 0.841. The molecule has 1 atom stereocenters. The van der Waals surface area contributed by atoms with Crippen LogP contribution in [-0.2, 0) is 4.79 Å².